The van der Waals surface area contributed by atoms with E-state index in [4.69, 9.17) is 9.47 Å². The van der Waals surface area contributed by atoms with Crippen LogP contribution >= 0.6 is 0 Å². The molecular formula is C15H16N2O3. The summed E-state index contributed by atoms with van der Waals surface area (Å²) in [6.45, 7) is 2.18. The monoisotopic (exact) mass is 272 g/mol. The molecule has 1 atom stereocenters. The fourth-order valence-electron chi connectivity index (χ4n) is 2.16. The first-order chi connectivity index (χ1) is 9.83. The summed E-state index contributed by atoms with van der Waals surface area (Å²) >= 11 is 0. The highest BCUT2D eigenvalue weighted by molar-refractivity contribution is 5.97. The van der Waals surface area contributed by atoms with Crippen LogP contribution in [0.25, 0.3) is 10.9 Å². The minimum absolute atomic E-state index is 0.0684. The number of pyridine rings is 1. The van der Waals surface area contributed by atoms with Gasteiger partial charge in [0.05, 0.1) is 37.0 Å². The van der Waals surface area contributed by atoms with Crippen LogP contribution in [-0.2, 0) is 9.47 Å². The fraction of sp³-hybridized carbons (Fsp3) is 0.333. The molecule has 3 rings (SSSR count). The van der Waals surface area contributed by atoms with Crippen molar-refractivity contribution in [2.24, 2.45) is 0 Å². The van der Waals surface area contributed by atoms with Gasteiger partial charge in [0.15, 0.2) is 0 Å². The van der Waals surface area contributed by atoms with Crippen molar-refractivity contribution in [3.8, 4) is 0 Å². The van der Waals surface area contributed by atoms with E-state index in [1.807, 2.05) is 30.3 Å². The third-order valence-electron chi connectivity index (χ3n) is 3.23. The third-order valence-corrected chi connectivity index (χ3v) is 3.23. The summed E-state index contributed by atoms with van der Waals surface area (Å²) in [5.41, 5.74) is 1.44. The zero-order valence-corrected chi connectivity index (χ0v) is 11.0. The number of para-hydroxylation sites is 1. The van der Waals surface area contributed by atoms with Gasteiger partial charge >= 0.3 is 0 Å². The van der Waals surface area contributed by atoms with E-state index >= 15 is 0 Å². The van der Waals surface area contributed by atoms with E-state index in [-0.39, 0.29) is 12.0 Å². The molecule has 0 saturated carbocycles. The zero-order valence-electron chi connectivity index (χ0n) is 11.0. The number of carbonyl (C=O) groups excluding carboxylic acids is 1. The summed E-state index contributed by atoms with van der Waals surface area (Å²) in [5.74, 6) is -0.141. The smallest absolute Gasteiger partial charge is 0.252 e. The number of benzene rings is 1. The van der Waals surface area contributed by atoms with Gasteiger partial charge in [0.2, 0.25) is 0 Å². The molecule has 0 spiro atoms. The van der Waals surface area contributed by atoms with Gasteiger partial charge < -0.3 is 14.8 Å². The van der Waals surface area contributed by atoms with E-state index in [1.165, 1.54) is 0 Å². The molecule has 0 bridgehead atoms. The SMILES string of the molecule is O=C(NC[C@@H]1COCCO1)c1cnc2ccccc2c1. The Hall–Kier alpha value is -1.98. The molecule has 0 aliphatic carbocycles. The number of rotatable bonds is 3. The summed E-state index contributed by atoms with van der Waals surface area (Å²) < 4.78 is 10.8. The number of hydrogen-bond acceptors (Lipinski definition) is 4. The van der Waals surface area contributed by atoms with E-state index in [9.17, 15) is 4.79 Å². The molecule has 0 radical (unpaired) electrons. The Labute approximate surface area is 116 Å². The second kappa shape index (κ2) is 5.98. The highest BCUT2D eigenvalue weighted by Gasteiger charge is 2.16. The summed E-state index contributed by atoms with van der Waals surface area (Å²) in [6.07, 6.45) is 1.52. The van der Waals surface area contributed by atoms with Crippen LogP contribution in [0.15, 0.2) is 36.5 Å². The van der Waals surface area contributed by atoms with Crippen LogP contribution in [0, 0.1) is 0 Å². The number of carbonyl (C=O) groups is 1. The van der Waals surface area contributed by atoms with Gasteiger partial charge in [-0.25, -0.2) is 0 Å². The number of hydrogen-bond donors (Lipinski definition) is 1. The molecule has 104 valence electrons. The van der Waals surface area contributed by atoms with Gasteiger partial charge in [-0.2, -0.15) is 0 Å². The molecule has 1 aliphatic heterocycles. The first-order valence-corrected chi connectivity index (χ1v) is 6.65. The van der Waals surface area contributed by atoms with Crippen molar-refractivity contribution < 1.29 is 14.3 Å². The molecule has 5 heteroatoms. The summed E-state index contributed by atoms with van der Waals surface area (Å²) in [4.78, 5) is 16.4. The van der Waals surface area contributed by atoms with Crippen LogP contribution in [-0.4, -0.2) is 43.4 Å². The van der Waals surface area contributed by atoms with E-state index in [0.717, 1.165) is 10.9 Å². The Morgan fingerprint density at radius 2 is 2.25 bits per heavy atom. The molecule has 0 unspecified atom stereocenters. The number of nitrogens with one attached hydrogen (secondary N) is 1. The van der Waals surface area contributed by atoms with E-state index in [1.54, 1.807) is 6.20 Å². The van der Waals surface area contributed by atoms with Gasteiger partial charge in [0.25, 0.3) is 5.91 Å². The van der Waals surface area contributed by atoms with Crippen LogP contribution in [0.2, 0.25) is 0 Å². The van der Waals surface area contributed by atoms with Crippen LogP contribution in [0.4, 0.5) is 0 Å². The molecule has 1 aliphatic rings. The van der Waals surface area contributed by atoms with E-state index < -0.39 is 0 Å². The standard InChI is InChI=1S/C15H16N2O3/c18-15(17-9-13-10-19-5-6-20-13)12-7-11-3-1-2-4-14(11)16-8-12/h1-4,7-8,13H,5-6,9-10H2,(H,17,18)/t13-/m1/s1. The molecule has 1 aromatic heterocycles. The molecule has 5 nitrogen and oxygen atoms in total. The van der Waals surface area contributed by atoms with Crippen LogP contribution in [0.3, 0.4) is 0 Å². The molecule has 2 aromatic rings. The molecule has 1 aromatic carbocycles. The highest BCUT2D eigenvalue weighted by Crippen LogP contribution is 2.12. The molecule has 1 amide bonds. The maximum atomic E-state index is 12.1. The second-order valence-corrected chi connectivity index (χ2v) is 4.69. The van der Waals surface area contributed by atoms with Gasteiger partial charge in [-0.1, -0.05) is 18.2 Å². The highest BCUT2D eigenvalue weighted by atomic mass is 16.6. The maximum absolute atomic E-state index is 12.1. The molecule has 1 saturated heterocycles. The van der Waals surface area contributed by atoms with Gasteiger partial charge in [-0.15, -0.1) is 0 Å². The van der Waals surface area contributed by atoms with Gasteiger partial charge in [-0.3, -0.25) is 9.78 Å². The summed E-state index contributed by atoms with van der Waals surface area (Å²) in [7, 11) is 0. The van der Waals surface area contributed by atoms with Crippen molar-refractivity contribution in [3.05, 3.63) is 42.1 Å². The number of fused-ring (bicyclic) bond motifs is 1. The van der Waals surface area contributed by atoms with E-state index in [2.05, 4.69) is 10.3 Å². The van der Waals surface area contributed by atoms with Gasteiger partial charge in [0, 0.05) is 18.1 Å². The largest absolute Gasteiger partial charge is 0.376 e. The lowest BCUT2D eigenvalue weighted by Crippen LogP contribution is -2.39. The van der Waals surface area contributed by atoms with Crippen molar-refractivity contribution in [1.82, 2.24) is 10.3 Å². The van der Waals surface area contributed by atoms with Crippen LogP contribution < -0.4 is 5.32 Å². The predicted octanol–water partition coefficient (Wildman–Crippen LogP) is 1.38. The lowest BCUT2D eigenvalue weighted by molar-refractivity contribution is -0.0855. The minimum Gasteiger partial charge on any atom is -0.376 e. The molecule has 2 heterocycles. The number of aromatic nitrogens is 1. The molecule has 20 heavy (non-hydrogen) atoms. The summed E-state index contributed by atoms with van der Waals surface area (Å²) in [6, 6.07) is 9.56. The van der Waals surface area contributed by atoms with Crippen molar-refractivity contribution in [1.29, 1.82) is 0 Å². The third kappa shape index (κ3) is 2.95. The average Bonchev–Trinajstić information content (AvgIpc) is 2.53. The Morgan fingerprint density at radius 1 is 1.35 bits per heavy atom. The van der Waals surface area contributed by atoms with E-state index in [0.29, 0.717) is 31.9 Å². The first-order valence-electron chi connectivity index (χ1n) is 6.65. The number of ether oxygens (including phenoxy) is 2. The molecule has 1 N–H and O–H groups in total. The van der Waals surface area contributed by atoms with Crippen molar-refractivity contribution in [3.63, 3.8) is 0 Å². The Bertz CT molecular complexity index is 609. The predicted molar refractivity (Wildman–Crippen MR) is 74.6 cm³/mol. The van der Waals surface area contributed by atoms with Crippen LogP contribution in [0.5, 0.6) is 0 Å². The second-order valence-electron chi connectivity index (χ2n) is 4.69. The van der Waals surface area contributed by atoms with Gasteiger partial charge in [-0.05, 0) is 12.1 Å². The lowest BCUT2D eigenvalue weighted by Gasteiger charge is -2.23. The van der Waals surface area contributed by atoms with Crippen LogP contribution in [0.1, 0.15) is 10.4 Å². The summed E-state index contributed by atoms with van der Waals surface area (Å²) in [5, 5.41) is 3.81. The average molecular weight is 272 g/mol. The van der Waals surface area contributed by atoms with Crippen molar-refractivity contribution >= 4 is 16.8 Å². The normalized spacial score (nSPS) is 18.9. The minimum atomic E-state index is -0.141. The molecular weight excluding hydrogens is 256 g/mol. The lowest BCUT2D eigenvalue weighted by atomic mass is 10.1. The Balaban J connectivity index is 1.65. The topological polar surface area (TPSA) is 60.5 Å². The van der Waals surface area contributed by atoms with Gasteiger partial charge in [0.1, 0.15) is 0 Å². The molecule has 1 fully saturated rings. The first kappa shape index (κ1) is 13.0. The van der Waals surface area contributed by atoms with Crippen molar-refractivity contribution in [2.45, 2.75) is 6.10 Å². The number of nitrogens with zero attached hydrogens (tertiary/aromatic N) is 1. The Morgan fingerprint density at radius 3 is 3.10 bits per heavy atom. The Kier molecular flexibility index (Phi) is 3.90. The maximum Gasteiger partial charge on any atom is 0.252 e. The quantitative estimate of drug-likeness (QED) is 0.917. The number of amides is 1. The fourth-order valence-corrected chi connectivity index (χ4v) is 2.16. The zero-order chi connectivity index (χ0) is 13.8. The van der Waals surface area contributed by atoms with Crippen molar-refractivity contribution in [2.75, 3.05) is 26.4 Å².